The minimum Gasteiger partial charge on any atom is -0.408 e. The van der Waals surface area contributed by atoms with Crippen LogP contribution in [-0.2, 0) is 21.4 Å². The molecule has 8 nitrogen and oxygen atoms in total. The summed E-state index contributed by atoms with van der Waals surface area (Å²) in [6, 6.07) is 11.5. The Morgan fingerprint density at radius 3 is 2.64 bits per heavy atom. The van der Waals surface area contributed by atoms with Crippen LogP contribution in [0.25, 0.3) is 11.1 Å². The monoisotopic (exact) mass is 491 g/mol. The summed E-state index contributed by atoms with van der Waals surface area (Å²) in [5, 5.41) is 3.38. The number of sulfonamides is 1. The van der Waals surface area contributed by atoms with Gasteiger partial charge in [-0.05, 0) is 55.5 Å². The minimum atomic E-state index is -3.73. The second-order valence-corrected chi connectivity index (χ2v) is 10.6. The van der Waals surface area contributed by atoms with Gasteiger partial charge < -0.3 is 9.73 Å². The Balaban J connectivity index is 1.39. The Morgan fingerprint density at radius 2 is 1.94 bits per heavy atom. The van der Waals surface area contributed by atoms with Gasteiger partial charge in [-0.1, -0.05) is 24.6 Å². The molecule has 0 atom stereocenters. The summed E-state index contributed by atoms with van der Waals surface area (Å²) in [5.74, 6) is -0.506. The molecule has 0 unspecified atom stereocenters. The summed E-state index contributed by atoms with van der Waals surface area (Å²) in [6.07, 6.45) is 2.27. The number of halogens is 1. The third kappa shape index (κ3) is 5.15. The Kier molecular flexibility index (Phi) is 6.92. The maximum Gasteiger partial charge on any atom is 0.419 e. The van der Waals surface area contributed by atoms with Crippen molar-refractivity contribution in [2.45, 2.75) is 44.0 Å². The van der Waals surface area contributed by atoms with E-state index in [2.05, 4.69) is 5.32 Å². The molecule has 0 bridgehead atoms. The largest absolute Gasteiger partial charge is 0.419 e. The number of amides is 1. The predicted octanol–water partition coefficient (Wildman–Crippen LogP) is 4.09. The van der Waals surface area contributed by atoms with Gasteiger partial charge in [-0.25, -0.2) is 13.2 Å². The zero-order valence-electron chi connectivity index (χ0n) is 18.3. The van der Waals surface area contributed by atoms with E-state index in [1.807, 2.05) is 6.92 Å². The van der Waals surface area contributed by atoms with Crippen LogP contribution < -0.4 is 11.1 Å². The van der Waals surface area contributed by atoms with E-state index < -0.39 is 15.8 Å². The molecular formula is C23H26ClN3O5S. The van der Waals surface area contributed by atoms with Gasteiger partial charge in [0.25, 0.3) is 0 Å². The number of fused-ring (bicyclic) bond motifs is 1. The number of oxazole rings is 1. The summed E-state index contributed by atoms with van der Waals surface area (Å²) in [7, 11) is -3.73. The molecule has 0 saturated carbocycles. The van der Waals surface area contributed by atoms with Gasteiger partial charge in [0, 0.05) is 42.8 Å². The highest BCUT2D eigenvalue weighted by atomic mass is 35.5. The van der Waals surface area contributed by atoms with E-state index in [4.69, 9.17) is 16.0 Å². The summed E-state index contributed by atoms with van der Waals surface area (Å²) < 4.78 is 34.5. The van der Waals surface area contributed by atoms with Crippen LogP contribution in [0.4, 0.5) is 5.69 Å². The zero-order chi connectivity index (χ0) is 23.6. The standard InChI is InChI=1S/C23H26ClN3O5S/c1-2-10-27-20-7-6-19(15-21(20)32-23(27)29)33(30,31)26-11-8-16(9-12-26)13-22(28)25-18-5-3-4-17(24)14-18/h3-7,14-16H,2,8-13H2,1H3,(H,25,28). The molecule has 10 heteroatoms. The predicted molar refractivity (Wildman–Crippen MR) is 127 cm³/mol. The summed E-state index contributed by atoms with van der Waals surface area (Å²) in [4.78, 5) is 24.5. The first kappa shape index (κ1) is 23.5. The van der Waals surface area contributed by atoms with Gasteiger partial charge in [-0.2, -0.15) is 4.31 Å². The highest BCUT2D eigenvalue weighted by Crippen LogP contribution is 2.28. The number of aromatic nitrogens is 1. The average molecular weight is 492 g/mol. The highest BCUT2D eigenvalue weighted by molar-refractivity contribution is 7.89. The number of nitrogens with zero attached hydrogens (tertiary/aromatic N) is 2. The first-order valence-corrected chi connectivity index (χ1v) is 12.8. The van der Waals surface area contributed by atoms with Crippen LogP contribution in [0.1, 0.15) is 32.6 Å². The van der Waals surface area contributed by atoms with E-state index in [-0.39, 0.29) is 22.3 Å². The summed E-state index contributed by atoms with van der Waals surface area (Å²) >= 11 is 5.95. The zero-order valence-corrected chi connectivity index (χ0v) is 19.9. The van der Waals surface area contributed by atoms with Crippen LogP contribution in [0.3, 0.4) is 0 Å². The fraction of sp³-hybridized carbons (Fsp3) is 0.391. The molecule has 1 N–H and O–H groups in total. The maximum atomic E-state index is 13.2. The van der Waals surface area contributed by atoms with E-state index in [0.29, 0.717) is 55.1 Å². The lowest BCUT2D eigenvalue weighted by atomic mass is 9.94. The molecule has 3 aromatic rings. The Labute approximate surface area is 197 Å². The fourth-order valence-corrected chi connectivity index (χ4v) is 5.86. The molecule has 0 aliphatic carbocycles. The number of nitrogens with one attached hydrogen (secondary N) is 1. The van der Waals surface area contributed by atoms with Crippen LogP contribution >= 0.6 is 11.6 Å². The van der Waals surface area contributed by atoms with Crippen molar-refractivity contribution in [3.63, 3.8) is 0 Å². The number of carbonyl (C=O) groups is 1. The van der Waals surface area contributed by atoms with Gasteiger partial charge in [-0.3, -0.25) is 9.36 Å². The number of anilines is 1. The number of hydrogen-bond donors (Lipinski definition) is 1. The van der Waals surface area contributed by atoms with Gasteiger partial charge in [0.2, 0.25) is 15.9 Å². The minimum absolute atomic E-state index is 0.0965. The van der Waals surface area contributed by atoms with E-state index in [1.54, 1.807) is 30.3 Å². The number of benzene rings is 2. The highest BCUT2D eigenvalue weighted by Gasteiger charge is 2.30. The van der Waals surface area contributed by atoms with E-state index in [9.17, 15) is 18.0 Å². The molecule has 176 valence electrons. The normalized spacial score (nSPS) is 15.7. The average Bonchev–Trinajstić information content (AvgIpc) is 3.09. The molecule has 33 heavy (non-hydrogen) atoms. The fourth-order valence-electron chi connectivity index (χ4n) is 4.19. The first-order valence-electron chi connectivity index (χ1n) is 11.0. The quantitative estimate of drug-likeness (QED) is 0.536. The molecule has 2 aromatic carbocycles. The van der Waals surface area contributed by atoms with Gasteiger partial charge in [-0.15, -0.1) is 0 Å². The van der Waals surface area contributed by atoms with Gasteiger partial charge in [0.05, 0.1) is 10.4 Å². The molecule has 1 amide bonds. The number of hydrogen-bond acceptors (Lipinski definition) is 5. The van der Waals surface area contributed by atoms with Crippen molar-refractivity contribution < 1.29 is 17.6 Å². The second kappa shape index (κ2) is 9.70. The van der Waals surface area contributed by atoms with Crippen LogP contribution in [-0.4, -0.2) is 36.3 Å². The molecule has 1 aliphatic heterocycles. The lowest BCUT2D eigenvalue weighted by Crippen LogP contribution is -2.39. The Morgan fingerprint density at radius 1 is 1.18 bits per heavy atom. The molecule has 2 heterocycles. The van der Waals surface area contributed by atoms with Crippen molar-refractivity contribution >= 4 is 44.3 Å². The summed E-state index contributed by atoms with van der Waals surface area (Å²) in [5.41, 5.74) is 1.50. The third-order valence-corrected chi connectivity index (χ3v) is 8.01. The van der Waals surface area contributed by atoms with Gasteiger partial charge in [0.1, 0.15) is 0 Å². The first-order chi connectivity index (χ1) is 15.8. The Hall–Kier alpha value is -2.62. The maximum absolute atomic E-state index is 13.2. The van der Waals surface area contributed by atoms with Crippen LogP contribution in [0.5, 0.6) is 0 Å². The molecule has 4 rings (SSSR count). The molecule has 1 saturated heterocycles. The molecule has 1 fully saturated rings. The van der Waals surface area contributed by atoms with Crippen molar-refractivity contribution in [3.8, 4) is 0 Å². The van der Waals surface area contributed by atoms with Crippen molar-refractivity contribution in [2.75, 3.05) is 18.4 Å². The van der Waals surface area contributed by atoms with Gasteiger partial charge >= 0.3 is 5.76 Å². The Bertz CT molecular complexity index is 1320. The SMILES string of the molecule is CCCn1c(=O)oc2cc(S(=O)(=O)N3CCC(CC(=O)Nc4cccc(Cl)c4)CC3)ccc21. The molecule has 0 radical (unpaired) electrons. The smallest absolute Gasteiger partial charge is 0.408 e. The number of carbonyl (C=O) groups excluding carboxylic acids is 1. The van der Waals surface area contributed by atoms with Crippen molar-refractivity contribution in [2.24, 2.45) is 5.92 Å². The van der Waals surface area contributed by atoms with Crippen molar-refractivity contribution in [3.05, 3.63) is 58.0 Å². The second-order valence-electron chi connectivity index (χ2n) is 8.26. The van der Waals surface area contributed by atoms with Crippen molar-refractivity contribution in [1.82, 2.24) is 8.87 Å². The molecule has 1 aromatic heterocycles. The van der Waals surface area contributed by atoms with Gasteiger partial charge in [0.15, 0.2) is 5.58 Å². The topological polar surface area (TPSA) is 102 Å². The molecule has 1 aliphatic rings. The molecule has 0 spiro atoms. The lowest BCUT2D eigenvalue weighted by Gasteiger charge is -2.31. The van der Waals surface area contributed by atoms with Crippen LogP contribution in [0, 0.1) is 5.92 Å². The molecular weight excluding hydrogens is 466 g/mol. The number of aryl methyl sites for hydroxylation is 1. The third-order valence-electron chi connectivity index (χ3n) is 5.88. The van der Waals surface area contributed by atoms with E-state index >= 15 is 0 Å². The summed E-state index contributed by atoms with van der Waals surface area (Å²) in [6.45, 7) is 3.12. The number of rotatable bonds is 7. The lowest BCUT2D eigenvalue weighted by molar-refractivity contribution is -0.117. The van der Waals surface area contributed by atoms with E-state index in [0.717, 1.165) is 6.42 Å². The van der Waals surface area contributed by atoms with Crippen LogP contribution in [0.15, 0.2) is 56.6 Å². The van der Waals surface area contributed by atoms with Crippen molar-refractivity contribution in [1.29, 1.82) is 0 Å². The van der Waals surface area contributed by atoms with E-state index in [1.165, 1.54) is 21.0 Å². The number of piperidine rings is 1. The van der Waals surface area contributed by atoms with Crippen LogP contribution in [0.2, 0.25) is 5.02 Å².